The van der Waals surface area contributed by atoms with Gasteiger partial charge in [-0.2, -0.15) is 0 Å². The summed E-state index contributed by atoms with van der Waals surface area (Å²) in [5.41, 5.74) is -1.28. The molecule has 1 fully saturated rings. The van der Waals surface area contributed by atoms with E-state index in [-0.39, 0.29) is 29.4 Å². The Morgan fingerprint density at radius 3 is 2.19 bits per heavy atom. The minimum absolute atomic E-state index is 0.139. The number of fused-ring (bicyclic) bond motifs is 1. The standard InChI is InChI=1S/C24H16Cl2F5NO4/c1-2-11-7-8-23(25)21(34)32(20-18(30)16(28)15(27)17(29)19(20)31)22(35)24(23,26)14(11)12-5-3-4-6-13(12)36-10-9-33/h2-7,14,33H,1,8-10H2. The molecule has 12 heteroatoms. The van der Waals surface area contributed by atoms with Gasteiger partial charge in [0, 0.05) is 11.5 Å². The summed E-state index contributed by atoms with van der Waals surface area (Å²) in [7, 11) is 0. The number of carbonyl (C=O) groups is 2. The van der Waals surface area contributed by atoms with Crippen LogP contribution in [0.1, 0.15) is 17.9 Å². The zero-order valence-corrected chi connectivity index (χ0v) is 19.6. The molecular formula is C24H16Cl2F5NO4. The molecule has 4 rings (SSSR count). The summed E-state index contributed by atoms with van der Waals surface area (Å²) in [5, 5.41) is 9.16. The molecule has 190 valence electrons. The number of aliphatic hydroxyl groups excluding tert-OH is 1. The van der Waals surface area contributed by atoms with Crippen LogP contribution in [0.25, 0.3) is 0 Å². The number of halogens is 7. The van der Waals surface area contributed by atoms with E-state index in [1.54, 1.807) is 12.1 Å². The predicted molar refractivity (Wildman–Crippen MR) is 121 cm³/mol. The topological polar surface area (TPSA) is 66.8 Å². The number of hydrogen-bond acceptors (Lipinski definition) is 4. The van der Waals surface area contributed by atoms with Crippen molar-refractivity contribution in [3.63, 3.8) is 0 Å². The molecule has 2 aliphatic rings. The number of nitrogens with zero attached hydrogens (tertiary/aromatic N) is 1. The molecule has 0 saturated carbocycles. The van der Waals surface area contributed by atoms with Crippen LogP contribution in [0.15, 0.2) is 48.6 Å². The van der Waals surface area contributed by atoms with Gasteiger partial charge in [0.2, 0.25) is 5.82 Å². The molecule has 1 heterocycles. The number of aliphatic hydroxyl groups is 1. The van der Waals surface area contributed by atoms with Crippen LogP contribution >= 0.6 is 23.2 Å². The van der Waals surface area contributed by atoms with E-state index in [9.17, 15) is 31.5 Å². The van der Waals surface area contributed by atoms with Gasteiger partial charge in [0.05, 0.1) is 6.61 Å². The van der Waals surface area contributed by atoms with Crippen LogP contribution in [0.2, 0.25) is 0 Å². The average molecular weight is 548 g/mol. The van der Waals surface area contributed by atoms with Crippen molar-refractivity contribution >= 4 is 40.7 Å². The van der Waals surface area contributed by atoms with Crippen molar-refractivity contribution in [2.24, 2.45) is 0 Å². The molecule has 36 heavy (non-hydrogen) atoms. The van der Waals surface area contributed by atoms with Gasteiger partial charge >= 0.3 is 0 Å². The number of allylic oxidation sites excluding steroid dienone is 3. The number of alkyl halides is 2. The second kappa shape index (κ2) is 9.17. The number of benzene rings is 2. The lowest BCUT2D eigenvalue weighted by atomic mass is 9.68. The van der Waals surface area contributed by atoms with Crippen molar-refractivity contribution in [2.75, 3.05) is 18.1 Å². The highest BCUT2D eigenvalue weighted by Gasteiger charge is 2.74. The Balaban J connectivity index is 1.98. The molecule has 0 bridgehead atoms. The van der Waals surface area contributed by atoms with Crippen LogP contribution in [0, 0.1) is 29.1 Å². The van der Waals surface area contributed by atoms with Crippen molar-refractivity contribution in [2.45, 2.75) is 22.1 Å². The summed E-state index contributed by atoms with van der Waals surface area (Å²) < 4.78 is 76.4. The molecule has 5 nitrogen and oxygen atoms in total. The van der Waals surface area contributed by atoms with Gasteiger partial charge in [0.15, 0.2) is 33.0 Å². The lowest BCUT2D eigenvalue weighted by Gasteiger charge is -2.42. The summed E-state index contributed by atoms with van der Waals surface area (Å²) in [6.45, 7) is 3.17. The van der Waals surface area contributed by atoms with Gasteiger partial charge in [-0.3, -0.25) is 9.59 Å². The Hall–Kier alpha value is -2.95. The third-order valence-corrected chi connectivity index (χ3v) is 7.62. The van der Waals surface area contributed by atoms with Crippen LogP contribution in [0.5, 0.6) is 5.75 Å². The number of anilines is 1. The quantitative estimate of drug-likeness (QED) is 0.184. The summed E-state index contributed by atoms with van der Waals surface area (Å²) in [6.07, 6.45) is 2.33. The maximum Gasteiger partial charge on any atom is 0.258 e. The van der Waals surface area contributed by atoms with Crippen molar-refractivity contribution in [3.8, 4) is 5.75 Å². The maximum atomic E-state index is 14.7. The van der Waals surface area contributed by atoms with E-state index < -0.39 is 68.7 Å². The number of ether oxygens (including phenoxy) is 1. The predicted octanol–water partition coefficient (Wildman–Crippen LogP) is 4.88. The van der Waals surface area contributed by atoms with Crippen molar-refractivity contribution < 1.29 is 41.4 Å². The van der Waals surface area contributed by atoms with Crippen LogP contribution in [0.3, 0.4) is 0 Å². The molecule has 1 N–H and O–H groups in total. The largest absolute Gasteiger partial charge is 0.491 e. The lowest BCUT2D eigenvalue weighted by molar-refractivity contribution is -0.122. The highest BCUT2D eigenvalue weighted by atomic mass is 35.5. The smallest absolute Gasteiger partial charge is 0.258 e. The lowest BCUT2D eigenvalue weighted by Crippen LogP contribution is -2.55. The first-order valence-corrected chi connectivity index (χ1v) is 11.2. The molecule has 3 atom stereocenters. The van der Waals surface area contributed by atoms with Crippen molar-refractivity contribution in [1.82, 2.24) is 0 Å². The molecule has 0 aromatic heterocycles. The maximum absolute atomic E-state index is 14.7. The fourth-order valence-electron chi connectivity index (χ4n) is 4.55. The molecule has 1 saturated heterocycles. The van der Waals surface area contributed by atoms with E-state index in [1.807, 2.05) is 0 Å². The number of carbonyl (C=O) groups excluding carboxylic acids is 2. The molecule has 2 aromatic carbocycles. The molecule has 0 radical (unpaired) electrons. The van der Waals surface area contributed by atoms with Gasteiger partial charge < -0.3 is 9.84 Å². The number of imide groups is 1. The first-order chi connectivity index (χ1) is 17.0. The summed E-state index contributed by atoms with van der Waals surface area (Å²) in [4.78, 5) is 22.1. The minimum Gasteiger partial charge on any atom is -0.491 e. The fourth-order valence-corrected chi connectivity index (χ4v) is 5.38. The summed E-state index contributed by atoms with van der Waals surface area (Å²) in [5.74, 6) is -16.1. The highest BCUT2D eigenvalue weighted by Crippen LogP contribution is 2.61. The minimum atomic E-state index is -2.50. The van der Waals surface area contributed by atoms with Gasteiger partial charge in [-0.1, -0.05) is 36.9 Å². The highest BCUT2D eigenvalue weighted by molar-refractivity contribution is 6.58. The Kier molecular flexibility index (Phi) is 6.65. The molecule has 2 amide bonds. The second-order valence-corrected chi connectivity index (χ2v) is 9.27. The first kappa shape index (κ1) is 26.1. The van der Waals surface area contributed by atoms with Gasteiger partial charge in [-0.05, 0) is 18.1 Å². The molecule has 1 aliphatic carbocycles. The van der Waals surface area contributed by atoms with Crippen LogP contribution in [0.4, 0.5) is 27.6 Å². The second-order valence-electron chi connectivity index (χ2n) is 8.03. The Morgan fingerprint density at radius 1 is 1.03 bits per heavy atom. The first-order valence-electron chi connectivity index (χ1n) is 10.4. The molecule has 3 unspecified atom stereocenters. The molecule has 0 spiro atoms. The summed E-state index contributed by atoms with van der Waals surface area (Å²) in [6, 6.07) is 6.10. The number of para-hydroxylation sites is 1. The number of rotatable bonds is 6. The molecular weight excluding hydrogens is 532 g/mol. The van der Waals surface area contributed by atoms with Crippen LogP contribution in [-0.2, 0) is 9.59 Å². The van der Waals surface area contributed by atoms with E-state index in [4.69, 9.17) is 33.0 Å². The van der Waals surface area contributed by atoms with E-state index in [1.165, 1.54) is 24.3 Å². The monoisotopic (exact) mass is 547 g/mol. The van der Waals surface area contributed by atoms with Gasteiger partial charge in [-0.25, -0.2) is 26.9 Å². The van der Waals surface area contributed by atoms with E-state index in [0.29, 0.717) is 5.57 Å². The normalized spacial score (nSPS) is 25.6. The van der Waals surface area contributed by atoms with Crippen molar-refractivity contribution in [3.05, 3.63) is 83.2 Å². The van der Waals surface area contributed by atoms with Crippen LogP contribution < -0.4 is 9.64 Å². The van der Waals surface area contributed by atoms with Gasteiger partial charge in [0.1, 0.15) is 18.0 Å². The van der Waals surface area contributed by atoms with E-state index >= 15 is 0 Å². The average Bonchev–Trinajstić information content (AvgIpc) is 3.02. The number of hydrogen-bond donors (Lipinski definition) is 1. The SMILES string of the molecule is C=CC1=CCC2(Cl)C(=O)N(c3c(F)c(F)c(F)c(F)c3F)C(=O)C2(Cl)C1c1ccccc1OCCO. The zero-order chi connectivity index (χ0) is 26.6. The Labute approximate surface area is 211 Å². The third-order valence-electron chi connectivity index (χ3n) is 6.21. The van der Waals surface area contributed by atoms with Gasteiger partial charge in [0.25, 0.3) is 11.8 Å². The number of amides is 2. The molecule has 2 aromatic rings. The van der Waals surface area contributed by atoms with Gasteiger partial charge in [-0.15, -0.1) is 23.2 Å². The van der Waals surface area contributed by atoms with Crippen LogP contribution in [-0.4, -0.2) is 39.9 Å². The van der Waals surface area contributed by atoms with Crippen molar-refractivity contribution in [1.29, 1.82) is 0 Å². The Morgan fingerprint density at radius 2 is 1.61 bits per heavy atom. The molecule has 1 aliphatic heterocycles. The summed E-state index contributed by atoms with van der Waals surface area (Å²) >= 11 is 13.5. The Bertz CT molecular complexity index is 1310. The fraction of sp³-hybridized carbons (Fsp3) is 0.250. The zero-order valence-electron chi connectivity index (χ0n) is 18.1. The third kappa shape index (κ3) is 3.38. The van der Waals surface area contributed by atoms with E-state index in [2.05, 4.69) is 6.58 Å². The van der Waals surface area contributed by atoms with E-state index in [0.717, 1.165) is 0 Å².